The molecule has 0 aromatic heterocycles. The number of carbonyl (C=O) groups is 1. The summed E-state index contributed by atoms with van der Waals surface area (Å²) in [5.41, 5.74) is 1.11. The van der Waals surface area contributed by atoms with Gasteiger partial charge in [0.2, 0.25) is 0 Å². The molecular weight excluding hydrogens is 222 g/mol. The molecule has 0 N–H and O–H groups in total. The van der Waals surface area contributed by atoms with Crippen LogP contribution in [0.1, 0.15) is 6.42 Å². The van der Waals surface area contributed by atoms with Gasteiger partial charge in [-0.05, 0) is 30.5 Å². The van der Waals surface area contributed by atoms with Gasteiger partial charge in [0.15, 0.2) is 0 Å². The zero-order valence-corrected chi connectivity index (χ0v) is 10.7. The number of nitrogens with zero attached hydrogens (tertiary/aromatic N) is 1. The molecule has 0 spiro atoms. The van der Waals surface area contributed by atoms with E-state index in [1.807, 2.05) is 11.9 Å². The molecule has 16 heavy (non-hydrogen) atoms. The molecule has 0 aliphatic heterocycles. The molecular formula is C12H17NO2S. The average molecular weight is 239 g/mol. The lowest BCUT2D eigenvalue weighted by Crippen LogP contribution is -2.21. The molecule has 0 atom stereocenters. The van der Waals surface area contributed by atoms with Crippen LogP contribution in [0.2, 0.25) is 0 Å². The maximum absolute atomic E-state index is 11.0. The Morgan fingerprint density at radius 1 is 1.38 bits per heavy atom. The van der Waals surface area contributed by atoms with E-state index in [1.54, 1.807) is 11.8 Å². The summed E-state index contributed by atoms with van der Waals surface area (Å²) in [6.07, 6.45) is 2.47. The number of benzene rings is 1. The van der Waals surface area contributed by atoms with E-state index in [2.05, 4.69) is 35.3 Å². The number of methoxy groups -OCH3 is 1. The van der Waals surface area contributed by atoms with E-state index in [0.717, 1.165) is 5.69 Å². The topological polar surface area (TPSA) is 29.5 Å². The lowest BCUT2D eigenvalue weighted by molar-refractivity contribution is -0.140. The van der Waals surface area contributed by atoms with E-state index < -0.39 is 0 Å². The highest BCUT2D eigenvalue weighted by atomic mass is 32.2. The molecule has 0 radical (unpaired) electrons. The summed E-state index contributed by atoms with van der Waals surface area (Å²) in [5, 5.41) is 0. The highest BCUT2D eigenvalue weighted by Gasteiger charge is 2.04. The highest BCUT2D eigenvalue weighted by Crippen LogP contribution is 2.19. The second kappa shape index (κ2) is 6.43. The van der Waals surface area contributed by atoms with Gasteiger partial charge < -0.3 is 9.64 Å². The fourth-order valence-electron chi connectivity index (χ4n) is 1.33. The third-order valence-electron chi connectivity index (χ3n) is 2.39. The summed E-state index contributed by atoms with van der Waals surface area (Å²) in [7, 11) is 3.38. The smallest absolute Gasteiger partial charge is 0.307 e. The van der Waals surface area contributed by atoms with Crippen LogP contribution in [0.25, 0.3) is 0 Å². The molecule has 0 bridgehead atoms. The summed E-state index contributed by atoms with van der Waals surface area (Å²) < 4.78 is 4.60. The largest absolute Gasteiger partial charge is 0.469 e. The summed E-state index contributed by atoms with van der Waals surface area (Å²) in [6.45, 7) is 0.672. The van der Waals surface area contributed by atoms with Gasteiger partial charge in [-0.15, -0.1) is 11.8 Å². The Kier molecular flexibility index (Phi) is 5.19. The fraction of sp³-hybridized carbons (Fsp3) is 0.417. The van der Waals surface area contributed by atoms with Gasteiger partial charge in [-0.1, -0.05) is 0 Å². The highest BCUT2D eigenvalue weighted by molar-refractivity contribution is 7.98. The lowest BCUT2D eigenvalue weighted by atomic mass is 10.3. The molecule has 4 heteroatoms. The van der Waals surface area contributed by atoms with E-state index in [-0.39, 0.29) is 5.97 Å². The molecule has 0 aliphatic rings. The number of carbonyl (C=O) groups excluding carboxylic acids is 1. The quantitative estimate of drug-likeness (QED) is 0.583. The van der Waals surface area contributed by atoms with Gasteiger partial charge in [-0.3, -0.25) is 4.79 Å². The van der Waals surface area contributed by atoms with Crippen molar-refractivity contribution in [3.05, 3.63) is 24.3 Å². The van der Waals surface area contributed by atoms with Crippen LogP contribution in [0, 0.1) is 0 Å². The Balaban J connectivity index is 2.52. The molecule has 0 heterocycles. The normalized spacial score (nSPS) is 9.94. The molecule has 0 fully saturated rings. The Morgan fingerprint density at radius 3 is 2.50 bits per heavy atom. The van der Waals surface area contributed by atoms with Crippen molar-refractivity contribution in [3.8, 4) is 0 Å². The molecule has 0 saturated heterocycles. The van der Waals surface area contributed by atoms with Crippen molar-refractivity contribution in [2.24, 2.45) is 0 Å². The van der Waals surface area contributed by atoms with Crippen molar-refractivity contribution < 1.29 is 9.53 Å². The van der Waals surface area contributed by atoms with Crippen LogP contribution in [-0.2, 0) is 9.53 Å². The minimum absolute atomic E-state index is 0.174. The molecule has 0 unspecified atom stereocenters. The van der Waals surface area contributed by atoms with Gasteiger partial charge in [0.1, 0.15) is 0 Å². The first-order valence-corrected chi connectivity index (χ1v) is 6.32. The average Bonchev–Trinajstić information content (AvgIpc) is 2.35. The minimum atomic E-state index is -0.174. The molecule has 0 aliphatic carbocycles. The fourth-order valence-corrected chi connectivity index (χ4v) is 1.74. The van der Waals surface area contributed by atoms with Gasteiger partial charge in [-0.2, -0.15) is 0 Å². The maximum Gasteiger partial charge on any atom is 0.307 e. The van der Waals surface area contributed by atoms with E-state index in [1.165, 1.54) is 12.0 Å². The Labute approximate surface area is 101 Å². The van der Waals surface area contributed by atoms with Crippen LogP contribution in [0.5, 0.6) is 0 Å². The zero-order chi connectivity index (χ0) is 12.0. The SMILES string of the molecule is COC(=O)CCN(C)c1ccc(SC)cc1. The predicted molar refractivity (Wildman–Crippen MR) is 68.1 cm³/mol. The van der Waals surface area contributed by atoms with Crippen molar-refractivity contribution in [2.45, 2.75) is 11.3 Å². The Hall–Kier alpha value is -1.16. The van der Waals surface area contributed by atoms with Crippen LogP contribution in [0.15, 0.2) is 29.2 Å². The number of ether oxygens (including phenoxy) is 1. The van der Waals surface area contributed by atoms with Crippen molar-refractivity contribution in [2.75, 3.05) is 31.9 Å². The zero-order valence-electron chi connectivity index (χ0n) is 9.90. The van der Waals surface area contributed by atoms with Gasteiger partial charge in [-0.25, -0.2) is 0 Å². The molecule has 1 aromatic carbocycles. The first-order valence-electron chi connectivity index (χ1n) is 5.09. The second-order valence-corrected chi connectivity index (χ2v) is 4.33. The number of hydrogen-bond acceptors (Lipinski definition) is 4. The summed E-state index contributed by atoms with van der Waals surface area (Å²) >= 11 is 1.72. The number of anilines is 1. The van der Waals surface area contributed by atoms with E-state index >= 15 is 0 Å². The third kappa shape index (κ3) is 3.77. The first-order chi connectivity index (χ1) is 7.67. The monoisotopic (exact) mass is 239 g/mol. The predicted octanol–water partition coefficient (Wildman–Crippen LogP) is 2.41. The lowest BCUT2D eigenvalue weighted by Gasteiger charge is -2.18. The van der Waals surface area contributed by atoms with E-state index in [9.17, 15) is 4.79 Å². The van der Waals surface area contributed by atoms with Gasteiger partial charge in [0.05, 0.1) is 13.5 Å². The number of rotatable bonds is 5. The Bertz CT molecular complexity index is 337. The third-order valence-corrected chi connectivity index (χ3v) is 3.14. The molecule has 0 saturated carbocycles. The Morgan fingerprint density at radius 2 is 2.00 bits per heavy atom. The van der Waals surface area contributed by atoms with E-state index in [0.29, 0.717) is 13.0 Å². The molecule has 3 nitrogen and oxygen atoms in total. The number of thioether (sulfide) groups is 1. The van der Waals surface area contributed by atoms with Crippen molar-refractivity contribution in [1.29, 1.82) is 0 Å². The van der Waals surface area contributed by atoms with Gasteiger partial charge in [0.25, 0.3) is 0 Å². The van der Waals surface area contributed by atoms with Crippen molar-refractivity contribution in [3.63, 3.8) is 0 Å². The standard InChI is InChI=1S/C12H17NO2S/c1-13(9-8-12(14)15-2)10-4-6-11(16-3)7-5-10/h4-7H,8-9H2,1-3H3. The summed E-state index contributed by atoms with van der Waals surface area (Å²) in [5.74, 6) is -0.174. The molecule has 0 amide bonds. The molecule has 88 valence electrons. The van der Waals surface area contributed by atoms with Crippen molar-refractivity contribution >= 4 is 23.4 Å². The molecule has 1 rings (SSSR count). The first kappa shape index (κ1) is 12.9. The van der Waals surface area contributed by atoms with Crippen LogP contribution in [-0.4, -0.2) is 32.9 Å². The van der Waals surface area contributed by atoms with Gasteiger partial charge in [0, 0.05) is 24.2 Å². The van der Waals surface area contributed by atoms with Crippen molar-refractivity contribution in [1.82, 2.24) is 0 Å². The van der Waals surface area contributed by atoms with E-state index in [4.69, 9.17) is 0 Å². The van der Waals surface area contributed by atoms with Crippen LogP contribution in [0.3, 0.4) is 0 Å². The second-order valence-electron chi connectivity index (χ2n) is 3.45. The van der Waals surface area contributed by atoms with Crippen LogP contribution >= 0.6 is 11.8 Å². The van der Waals surface area contributed by atoms with Crippen LogP contribution in [0.4, 0.5) is 5.69 Å². The minimum Gasteiger partial charge on any atom is -0.469 e. The van der Waals surface area contributed by atoms with Gasteiger partial charge >= 0.3 is 5.97 Å². The summed E-state index contributed by atoms with van der Waals surface area (Å²) in [6, 6.07) is 8.27. The maximum atomic E-state index is 11.0. The van der Waals surface area contributed by atoms with Crippen LogP contribution < -0.4 is 4.90 Å². The number of hydrogen-bond donors (Lipinski definition) is 0. The summed E-state index contributed by atoms with van der Waals surface area (Å²) in [4.78, 5) is 14.3. The number of esters is 1. The molecule has 1 aromatic rings.